The largest absolute Gasteiger partial charge is 0.449 e. The Hall–Kier alpha value is -0.770. The monoisotopic (exact) mass is 266 g/mol. The molecular weight excluding hydrogens is 240 g/mol. The number of amides is 1. The van der Waals surface area contributed by atoms with Crippen LogP contribution >= 0.6 is 0 Å². The van der Waals surface area contributed by atoms with Crippen LogP contribution in [0.15, 0.2) is 0 Å². The van der Waals surface area contributed by atoms with Gasteiger partial charge in [0, 0.05) is 25.0 Å². The van der Waals surface area contributed by atoms with Crippen LogP contribution in [0.2, 0.25) is 0 Å². The lowest BCUT2D eigenvalue weighted by Crippen LogP contribution is -2.34. The second-order valence-electron chi connectivity index (χ2n) is 6.68. The number of nitrogens with one attached hydrogen (secondary N) is 1. The number of carbonyl (C=O) groups excluding carboxylic acids is 1. The summed E-state index contributed by atoms with van der Waals surface area (Å²) < 4.78 is 5.53. The van der Waals surface area contributed by atoms with Crippen molar-refractivity contribution in [1.82, 2.24) is 10.2 Å². The van der Waals surface area contributed by atoms with Crippen molar-refractivity contribution < 1.29 is 9.53 Å². The van der Waals surface area contributed by atoms with Gasteiger partial charge in [0.25, 0.3) is 0 Å². The highest BCUT2D eigenvalue weighted by atomic mass is 16.6. The number of rotatable bonds is 2. The molecule has 2 aliphatic heterocycles. The molecule has 1 N–H and O–H groups in total. The van der Waals surface area contributed by atoms with E-state index in [2.05, 4.69) is 5.32 Å². The minimum atomic E-state index is -0.0747. The Bertz CT molecular complexity index is 320. The minimum absolute atomic E-state index is 0.0747. The highest BCUT2D eigenvalue weighted by molar-refractivity contribution is 5.68. The Labute approximate surface area is 115 Å². The molecule has 108 valence electrons. The van der Waals surface area contributed by atoms with E-state index in [-0.39, 0.29) is 6.09 Å². The van der Waals surface area contributed by atoms with Crippen LogP contribution in [0.25, 0.3) is 0 Å². The van der Waals surface area contributed by atoms with Crippen molar-refractivity contribution in [3.63, 3.8) is 0 Å². The van der Waals surface area contributed by atoms with E-state index in [4.69, 9.17) is 4.74 Å². The number of nitrogens with zero attached hydrogens (tertiary/aromatic N) is 1. The zero-order valence-electron chi connectivity index (χ0n) is 11.8. The maximum Gasteiger partial charge on any atom is 0.409 e. The van der Waals surface area contributed by atoms with E-state index in [9.17, 15) is 4.79 Å². The van der Waals surface area contributed by atoms with Crippen LogP contribution in [-0.4, -0.2) is 43.8 Å². The van der Waals surface area contributed by atoms with Crippen LogP contribution in [0.3, 0.4) is 0 Å². The second-order valence-corrected chi connectivity index (χ2v) is 6.68. The van der Waals surface area contributed by atoms with Gasteiger partial charge in [0.1, 0.15) is 0 Å². The molecule has 0 aromatic rings. The molecule has 1 spiro atoms. The number of carbonyl (C=O) groups is 1. The summed E-state index contributed by atoms with van der Waals surface area (Å²) in [5, 5.41) is 3.42. The van der Waals surface area contributed by atoms with Gasteiger partial charge in [-0.1, -0.05) is 19.3 Å². The quantitative estimate of drug-likeness (QED) is 0.834. The third-order valence-corrected chi connectivity index (χ3v) is 5.20. The van der Waals surface area contributed by atoms with Crippen molar-refractivity contribution >= 4 is 6.09 Å². The van der Waals surface area contributed by atoms with E-state index >= 15 is 0 Å². The molecule has 0 aromatic carbocycles. The number of hydrogen-bond acceptors (Lipinski definition) is 3. The van der Waals surface area contributed by atoms with Crippen LogP contribution < -0.4 is 5.32 Å². The molecule has 1 unspecified atom stereocenters. The first kappa shape index (κ1) is 13.2. The van der Waals surface area contributed by atoms with Crippen molar-refractivity contribution in [2.75, 3.05) is 32.8 Å². The smallest absolute Gasteiger partial charge is 0.409 e. The van der Waals surface area contributed by atoms with E-state index < -0.39 is 0 Å². The standard InChI is InChI=1S/C15H26N2O2/c18-14(19-10-13-4-2-1-3-5-13)17-9-7-15(12-17)6-8-16-11-15/h13,16H,1-12H2. The summed E-state index contributed by atoms with van der Waals surface area (Å²) in [6, 6.07) is 0. The van der Waals surface area contributed by atoms with Gasteiger partial charge in [-0.15, -0.1) is 0 Å². The molecule has 1 saturated carbocycles. The van der Waals surface area contributed by atoms with Gasteiger partial charge in [0.05, 0.1) is 6.61 Å². The Morgan fingerprint density at radius 2 is 2.11 bits per heavy atom. The SMILES string of the molecule is O=C(OCC1CCCCC1)N1CCC2(CCNC2)C1. The molecule has 1 amide bonds. The van der Waals surface area contributed by atoms with Crippen molar-refractivity contribution in [2.45, 2.75) is 44.9 Å². The van der Waals surface area contributed by atoms with E-state index in [0.29, 0.717) is 17.9 Å². The van der Waals surface area contributed by atoms with Crippen molar-refractivity contribution in [3.8, 4) is 0 Å². The fraction of sp³-hybridized carbons (Fsp3) is 0.933. The summed E-state index contributed by atoms with van der Waals surface area (Å²) in [4.78, 5) is 14.0. The van der Waals surface area contributed by atoms with Crippen molar-refractivity contribution in [3.05, 3.63) is 0 Å². The zero-order chi connectivity index (χ0) is 13.1. The van der Waals surface area contributed by atoms with E-state index in [1.54, 1.807) is 0 Å². The first-order valence-corrected chi connectivity index (χ1v) is 7.90. The van der Waals surface area contributed by atoms with E-state index in [0.717, 1.165) is 32.6 Å². The molecule has 4 nitrogen and oxygen atoms in total. The van der Waals surface area contributed by atoms with Gasteiger partial charge in [-0.25, -0.2) is 4.79 Å². The molecule has 0 aromatic heterocycles. The number of likely N-dealkylation sites (tertiary alicyclic amines) is 1. The highest BCUT2D eigenvalue weighted by Crippen LogP contribution is 2.36. The third kappa shape index (κ3) is 3.04. The summed E-state index contributed by atoms with van der Waals surface area (Å²) in [5.74, 6) is 0.613. The zero-order valence-corrected chi connectivity index (χ0v) is 11.8. The molecule has 1 aliphatic carbocycles. The molecule has 3 aliphatic rings. The lowest BCUT2D eigenvalue weighted by molar-refractivity contribution is 0.0838. The summed E-state index contributed by atoms with van der Waals surface area (Å²) in [5.41, 5.74) is 0.351. The molecule has 1 atom stereocenters. The molecule has 0 radical (unpaired) electrons. The molecule has 19 heavy (non-hydrogen) atoms. The van der Waals surface area contributed by atoms with Crippen LogP contribution in [0.4, 0.5) is 4.79 Å². The lowest BCUT2D eigenvalue weighted by atomic mass is 9.87. The predicted molar refractivity (Wildman–Crippen MR) is 74.0 cm³/mol. The Morgan fingerprint density at radius 3 is 2.84 bits per heavy atom. The topological polar surface area (TPSA) is 41.6 Å². The van der Waals surface area contributed by atoms with Crippen molar-refractivity contribution in [2.24, 2.45) is 11.3 Å². The number of ether oxygens (including phenoxy) is 1. The maximum absolute atomic E-state index is 12.1. The minimum Gasteiger partial charge on any atom is -0.449 e. The normalized spacial score (nSPS) is 32.1. The molecule has 4 heteroatoms. The Morgan fingerprint density at radius 1 is 1.26 bits per heavy atom. The summed E-state index contributed by atoms with van der Waals surface area (Å²) >= 11 is 0. The van der Waals surface area contributed by atoms with Gasteiger partial charge in [-0.2, -0.15) is 0 Å². The Balaban J connectivity index is 1.43. The molecular formula is C15H26N2O2. The average Bonchev–Trinajstić information content (AvgIpc) is 3.08. The fourth-order valence-electron chi connectivity index (χ4n) is 3.87. The highest BCUT2D eigenvalue weighted by Gasteiger charge is 2.42. The molecule has 2 heterocycles. The van der Waals surface area contributed by atoms with Crippen LogP contribution in [-0.2, 0) is 4.74 Å². The lowest BCUT2D eigenvalue weighted by Gasteiger charge is -2.24. The van der Waals surface area contributed by atoms with Crippen molar-refractivity contribution in [1.29, 1.82) is 0 Å². The summed E-state index contributed by atoms with van der Waals surface area (Å²) in [6.45, 7) is 4.58. The van der Waals surface area contributed by atoms with Gasteiger partial charge in [0.2, 0.25) is 0 Å². The van der Waals surface area contributed by atoms with E-state index in [1.807, 2.05) is 4.90 Å². The summed E-state index contributed by atoms with van der Waals surface area (Å²) in [6.07, 6.45) is 8.71. The van der Waals surface area contributed by atoms with Crippen LogP contribution in [0.5, 0.6) is 0 Å². The molecule has 2 saturated heterocycles. The van der Waals surface area contributed by atoms with Gasteiger partial charge in [0.15, 0.2) is 0 Å². The Kier molecular flexibility index (Phi) is 3.96. The predicted octanol–water partition coefficient (Wildman–Crippen LogP) is 2.39. The molecule has 3 fully saturated rings. The first-order valence-electron chi connectivity index (χ1n) is 7.90. The van der Waals surface area contributed by atoms with Gasteiger partial charge < -0.3 is 15.0 Å². The fourth-order valence-corrected chi connectivity index (χ4v) is 3.87. The van der Waals surface area contributed by atoms with E-state index in [1.165, 1.54) is 38.5 Å². The summed E-state index contributed by atoms with van der Waals surface area (Å²) in [7, 11) is 0. The van der Waals surface area contributed by atoms with Crippen LogP contribution in [0, 0.1) is 11.3 Å². The van der Waals surface area contributed by atoms with Gasteiger partial charge in [-0.05, 0) is 38.1 Å². The average molecular weight is 266 g/mol. The number of hydrogen-bond donors (Lipinski definition) is 1. The molecule has 0 bridgehead atoms. The molecule has 3 rings (SSSR count). The van der Waals surface area contributed by atoms with Crippen LogP contribution in [0.1, 0.15) is 44.9 Å². The maximum atomic E-state index is 12.1. The second kappa shape index (κ2) is 5.70. The van der Waals surface area contributed by atoms with Gasteiger partial charge in [-0.3, -0.25) is 0 Å². The third-order valence-electron chi connectivity index (χ3n) is 5.20. The van der Waals surface area contributed by atoms with Gasteiger partial charge >= 0.3 is 6.09 Å². The first-order chi connectivity index (χ1) is 9.27.